The number of β-amino-alcohol motifs (C(OH)–C–C–N with tert-alkyl or cyclic N) is 1. The van der Waals surface area contributed by atoms with Crippen molar-refractivity contribution in [2.75, 3.05) is 45.9 Å². The van der Waals surface area contributed by atoms with E-state index in [1.165, 1.54) is 16.7 Å². The molecule has 10 nitrogen and oxygen atoms in total. The SMILES string of the molecule is C[C@@H](O)[C@H]1C(=O)N2C(C(=O)O)=C(S[C@@H]3CN[C@H](C(=O)N4CCN(CCO)CC4)C3)[C@H](C)[C@H]12.Cl. The van der Waals surface area contributed by atoms with Gasteiger partial charge in [0.1, 0.15) is 5.70 Å². The molecule has 0 aliphatic carbocycles. The number of nitrogens with zero attached hydrogens (tertiary/aromatic N) is 3. The number of amides is 2. The number of halogens is 1. The number of aliphatic carboxylic acids is 1. The first-order chi connectivity index (χ1) is 15.2. The van der Waals surface area contributed by atoms with Crippen molar-refractivity contribution in [1.82, 2.24) is 20.0 Å². The second-order valence-corrected chi connectivity index (χ2v) is 10.4. The second-order valence-electron chi connectivity index (χ2n) is 9.10. The van der Waals surface area contributed by atoms with Crippen LogP contribution in [0, 0.1) is 11.8 Å². The van der Waals surface area contributed by atoms with Crippen LogP contribution in [0.25, 0.3) is 0 Å². The number of thioether (sulfide) groups is 1. The quantitative estimate of drug-likeness (QED) is 0.327. The predicted octanol–water partition coefficient (Wildman–Crippen LogP) is -0.838. The summed E-state index contributed by atoms with van der Waals surface area (Å²) in [7, 11) is 0. The first-order valence-electron chi connectivity index (χ1n) is 11.2. The monoisotopic (exact) mass is 504 g/mol. The summed E-state index contributed by atoms with van der Waals surface area (Å²) in [6.45, 7) is 7.59. The number of aliphatic hydroxyl groups excluding tert-OH is 2. The maximum atomic E-state index is 13.0. The Hall–Kier alpha value is -1.37. The third-order valence-corrected chi connectivity index (χ3v) is 8.61. The highest BCUT2D eigenvalue weighted by atomic mass is 35.5. The molecule has 3 saturated heterocycles. The maximum Gasteiger partial charge on any atom is 0.353 e. The lowest BCUT2D eigenvalue weighted by Gasteiger charge is -2.46. The van der Waals surface area contributed by atoms with E-state index in [0.29, 0.717) is 37.5 Å². The van der Waals surface area contributed by atoms with Crippen LogP contribution < -0.4 is 5.32 Å². The fourth-order valence-corrected chi connectivity index (χ4v) is 6.87. The minimum Gasteiger partial charge on any atom is -0.477 e. The zero-order chi connectivity index (χ0) is 23.2. The normalized spacial score (nSPS) is 33.0. The molecule has 4 aliphatic rings. The molecule has 3 fully saturated rings. The van der Waals surface area contributed by atoms with Gasteiger partial charge in [0.05, 0.1) is 30.7 Å². The van der Waals surface area contributed by atoms with Crippen LogP contribution in [0.3, 0.4) is 0 Å². The highest BCUT2D eigenvalue weighted by molar-refractivity contribution is 8.03. The number of aliphatic hydroxyl groups is 2. The van der Waals surface area contributed by atoms with E-state index in [1.807, 2.05) is 11.8 Å². The molecule has 0 aromatic carbocycles. The van der Waals surface area contributed by atoms with Crippen LogP contribution in [-0.4, -0.2) is 117 Å². The van der Waals surface area contributed by atoms with Gasteiger partial charge >= 0.3 is 5.97 Å². The predicted molar refractivity (Wildman–Crippen MR) is 125 cm³/mol. The zero-order valence-corrected chi connectivity index (χ0v) is 20.5. The van der Waals surface area contributed by atoms with Crippen molar-refractivity contribution >= 4 is 42.0 Å². The molecule has 6 atom stereocenters. The van der Waals surface area contributed by atoms with Crippen LogP contribution in [0.2, 0.25) is 0 Å². The van der Waals surface area contributed by atoms with Gasteiger partial charge in [0.2, 0.25) is 11.8 Å². The van der Waals surface area contributed by atoms with Gasteiger partial charge in [-0.15, -0.1) is 24.2 Å². The molecule has 4 heterocycles. The molecule has 12 heteroatoms. The van der Waals surface area contributed by atoms with Gasteiger partial charge in [-0.2, -0.15) is 0 Å². The molecule has 2 amide bonds. The molecule has 4 N–H and O–H groups in total. The van der Waals surface area contributed by atoms with Crippen molar-refractivity contribution in [3.8, 4) is 0 Å². The molecular weight excluding hydrogens is 472 g/mol. The Morgan fingerprint density at radius 3 is 2.48 bits per heavy atom. The van der Waals surface area contributed by atoms with Gasteiger partial charge in [0.25, 0.3) is 0 Å². The fraction of sp³-hybridized carbons (Fsp3) is 0.762. The fourth-order valence-electron chi connectivity index (χ4n) is 5.39. The number of rotatable bonds is 7. The van der Waals surface area contributed by atoms with Crippen LogP contribution in [0.1, 0.15) is 20.3 Å². The van der Waals surface area contributed by atoms with Gasteiger partial charge in [-0.25, -0.2) is 4.79 Å². The smallest absolute Gasteiger partial charge is 0.353 e. The third-order valence-electron chi connectivity index (χ3n) is 7.09. The molecule has 186 valence electrons. The molecule has 0 aromatic rings. The van der Waals surface area contributed by atoms with Gasteiger partial charge < -0.3 is 30.4 Å². The number of nitrogens with one attached hydrogen (secondary N) is 1. The van der Waals surface area contributed by atoms with E-state index in [2.05, 4.69) is 10.2 Å². The van der Waals surface area contributed by atoms with Gasteiger partial charge in [-0.3, -0.25) is 14.5 Å². The summed E-state index contributed by atoms with van der Waals surface area (Å²) >= 11 is 1.45. The van der Waals surface area contributed by atoms with Crippen molar-refractivity contribution < 1.29 is 29.7 Å². The molecular formula is C21H33ClN4O6S. The van der Waals surface area contributed by atoms with Gasteiger partial charge in [0, 0.05) is 55.3 Å². The van der Waals surface area contributed by atoms with Crippen molar-refractivity contribution in [2.24, 2.45) is 11.8 Å². The summed E-state index contributed by atoms with van der Waals surface area (Å²) < 4.78 is 0. The lowest BCUT2D eigenvalue weighted by atomic mass is 9.79. The molecule has 4 aliphatic heterocycles. The summed E-state index contributed by atoms with van der Waals surface area (Å²) in [4.78, 5) is 43.4. The Morgan fingerprint density at radius 1 is 1.24 bits per heavy atom. The summed E-state index contributed by atoms with van der Waals surface area (Å²) in [5.74, 6) is -2.13. The lowest BCUT2D eigenvalue weighted by Crippen LogP contribution is -2.63. The van der Waals surface area contributed by atoms with E-state index < -0.39 is 18.0 Å². The minimum atomic E-state index is -1.13. The standard InChI is InChI=1S/C21H32N4O6S.ClH/c1-11-16-15(12(2)27)20(29)25(16)17(21(30)31)18(11)32-13-9-14(22-10-13)19(28)24-5-3-23(4-6-24)7-8-26;/h11-16,22,26-27H,3-10H2,1-2H3,(H,30,31);1H/t11-,12-,13+,14+,15-,16-;/m1./s1. The number of β-lactam (4-membered cyclic amide) rings is 1. The number of piperazine rings is 1. The number of hydrogen-bond acceptors (Lipinski definition) is 8. The van der Waals surface area contributed by atoms with Crippen molar-refractivity contribution in [3.63, 3.8) is 0 Å². The number of carboxylic acid groups (broad SMARTS) is 1. The number of carbonyl (C=O) groups excluding carboxylic acids is 2. The van der Waals surface area contributed by atoms with E-state index >= 15 is 0 Å². The van der Waals surface area contributed by atoms with Crippen LogP contribution >= 0.6 is 24.2 Å². The Bertz CT molecular complexity index is 819. The molecule has 0 unspecified atom stereocenters. The lowest BCUT2D eigenvalue weighted by molar-refractivity contribution is -0.163. The molecule has 0 spiro atoms. The molecule has 0 radical (unpaired) electrons. The van der Waals surface area contributed by atoms with Crippen LogP contribution in [0.4, 0.5) is 0 Å². The van der Waals surface area contributed by atoms with Crippen LogP contribution in [0.15, 0.2) is 10.6 Å². The summed E-state index contributed by atoms with van der Waals surface area (Å²) in [5, 5.41) is 32.2. The molecule has 33 heavy (non-hydrogen) atoms. The van der Waals surface area contributed by atoms with E-state index in [9.17, 15) is 24.6 Å². The summed E-state index contributed by atoms with van der Waals surface area (Å²) in [6.07, 6.45) is -0.222. The number of fused-ring (bicyclic) bond motifs is 1. The average Bonchev–Trinajstić information content (AvgIpc) is 3.30. The number of hydrogen-bond donors (Lipinski definition) is 4. The molecule has 0 bridgehead atoms. The average molecular weight is 505 g/mol. The van der Waals surface area contributed by atoms with E-state index in [-0.39, 0.29) is 59.8 Å². The Kier molecular flexibility index (Phi) is 8.34. The van der Waals surface area contributed by atoms with Crippen molar-refractivity contribution in [1.29, 1.82) is 0 Å². The third kappa shape index (κ3) is 4.76. The maximum absolute atomic E-state index is 13.0. The van der Waals surface area contributed by atoms with E-state index in [1.54, 1.807) is 6.92 Å². The number of carboxylic acids is 1. The highest BCUT2D eigenvalue weighted by Gasteiger charge is 2.60. The topological polar surface area (TPSA) is 134 Å². The Morgan fingerprint density at radius 2 is 1.91 bits per heavy atom. The van der Waals surface area contributed by atoms with E-state index in [0.717, 1.165) is 13.1 Å². The van der Waals surface area contributed by atoms with Crippen molar-refractivity contribution in [2.45, 2.75) is 43.7 Å². The van der Waals surface area contributed by atoms with Gasteiger partial charge in [-0.05, 0) is 13.3 Å². The van der Waals surface area contributed by atoms with Crippen molar-refractivity contribution in [3.05, 3.63) is 10.6 Å². The first-order valence-corrected chi connectivity index (χ1v) is 12.1. The van der Waals surface area contributed by atoms with E-state index in [4.69, 9.17) is 5.11 Å². The largest absolute Gasteiger partial charge is 0.477 e. The summed E-state index contributed by atoms with van der Waals surface area (Å²) in [6, 6.07) is -0.621. The number of carbonyl (C=O) groups is 3. The second kappa shape index (κ2) is 10.5. The van der Waals surface area contributed by atoms with Crippen LogP contribution in [0.5, 0.6) is 0 Å². The minimum absolute atomic E-state index is 0. The van der Waals surface area contributed by atoms with Crippen LogP contribution in [-0.2, 0) is 14.4 Å². The molecule has 0 aromatic heterocycles. The highest BCUT2D eigenvalue weighted by Crippen LogP contribution is 2.51. The Balaban J connectivity index is 0.00000306. The molecule has 4 rings (SSSR count). The summed E-state index contributed by atoms with van der Waals surface area (Å²) in [5.41, 5.74) is 0.0316. The zero-order valence-electron chi connectivity index (χ0n) is 18.8. The first kappa shape index (κ1) is 26.2. The van der Waals surface area contributed by atoms with Gasteiger partial charge in [0.15, 0.2) is 0 Å². The van der Waals surface area contributed by atoms with Gasteiger partial charge in [-0.1, -0.05) is 6.92 Å². The molecule has 0 saturated carbocycles. The Labute approximate surface area is 203 Å².